The Bertz CT molecular complexity index is 317. The van der Waals surface area contributed by atoms with Crippen molar-refractivity contribution in [2.45, 2.75) is 6.42 Å². The Balaban J connectivity index is 2.47. The summed E-state index contributed by atoms with van der Waals surface area (Å²) in [4.78, 5) is 2.25. The second-order valence-corrected chi connectivity index (χ2v) is 4.79. The summed E-state index contributed by atoms with van der Waals surface area (Å²) in [6, 6.07) is 5.79. The lowest BCUT2D eigenvalue weighted by Crippen LogP contribution is -2.23. The lowest BCUT2D eigenvalue weighted by molar-refractivity contribution is 0.361. The minimum absolute atomic E-state index is 0.615. The molecule has 4 heteroatoms. The fourth-order valence-electron chi connectivity index (χ4n) is 1.30. The fourth-order valence-corrected chi connectivity index (χ4v) is 1.96. The third-order valence-corrected chi connectivity index (χ3v) is 3.19. The van der Waals surface area contributed by atoms with E-state index in [1.54, 1.807) is 0 Å². The summed E-state index contributed by atoms with van der Waals surface area (Å²) >= 11 is 16.0. The van der Waals surface area contributed by atoms with E-state index in [4.69, 9.17) is 23.2 Å². The molecule has 0 aliphatic rings. The molecule has 0 saturated heterocycles. The number of hydrogen-bond donors (Lipinski definition) is 1. The maximum absolute atomic E-state index is 5.93. The Kier molecular flexibility index (Phi) is 5.83. The predicted molar refractivity (Wildman–Crippen MR) is 71.5 cm³/mol. The Morgan fingerprint density at radius 3 is 2.53 bits per heavy atom. The smallest absolute Gasteiger partial charge is 0.0595 e. The van der Waals surface area contributed by atoms with Crippen LogP contribution >= 0.6 is 35.8 Å². The highest BCUT2D eigenvalue weighted by molar-refractivity contribution is 7.80. The molecule has 0 fully saturated rings. The highest BCUT2D eigenvalue weighted by Gasteiger charge is 2.01. The predicted octanol–water partition coefficient (Wildman–Crippen LogP) is 3.40. The molecule has 1 nitrogen and oxygen atoms in total. The third kappa shape index (κ3) is 4.64. The molecule has 0 aromatic heterocycles. The summed E-state index contributed by atoms with van der Waals surface area (Å²) in [5.74, 6) is 0.887. The zero-order valence-corrected chi connectivity index (χ0v) is 11.1. The van der Waals surface area contributed by atoms with E-state index in [1.165, 1.54) is 5.56 Å². The molecule has 0 atom stereocenters. The number of rotatable bonds is 5. The number of benzene rings is 1. The monoisotopic (exact) mass is 263 g/mol. The van der Waals surface area contributed by atoms with E-state index in [1.807, 2.05) is 18.2 Å². The maximum Gasteiger partial charge on any atom is 0.0595 e. The maximum atomic E-state index is 5.93. The van der Waals surface area contributed by atoms with Gasteiger partial charge in [-0.25, -0.2) is 0 Å². The number of likely N-dealkylation sites (N-methyl/N-ethyl adjacent to an activating group) is 1. The average molecular weight is 264 g/mol. The van der Waals surface area contributed by atoms with Gasteiger partial charge in [-0.2, -0.15) is 12.6 Å². The molecular weight excluding hydrogens is 249 g/mol. The van der Waals surface area contributed by atoms with Crippen molar-refractivity contribution in [2.24, 2.45) is 0 Å². The van der Waals surface area contributed by atoms with Crippen molar-refractivity contribution < 1.29 is 0 Å². The van der Waals surface area contributed by atoms with Gasteiger partial charge in [0, 0.05) is 18.8 Å². The van der Waals surface area contributed by atoms with Crippen LogP contribution < -0.4 is 0 Å². The largest absolute Gasteiger partial charge is 0.305 e. The first kappa shape index (κ1) is 13.2. The van der Waals surface area contributed by atoms with Gasteiger partial charge in [0.25, 0.3) is 0 Å². The summed E-state index contributed by atoms with van der Waals surface area (Å²) in [6.45, 7) is 2.02. The van der Waals surface area contributed by atoms with Crippen molar-refractivity contribution in [3.8, 4) is 0 Å². The molecule has 0 N–H and O–H groups in total. The van der Waals surface area contributed by atoms with Gasteiger partial charge in [0.15, 0.2) is 0 Å². The van der Waals surface area contributed by atoms with E-state index in [0.29, 0.717) is 10.0 Å². The molecule has 0 amide bonds. The first-order valence-electron chi connectivity index (χ1n) is 4.87. The molecule has 1 aromatic rings. The average Bonchev–Trinajstić information content (AvgIpc) is 2.20. The number of nitrogens with zero attached hydrogens (tertiary/aromatic N) is 1. The quantitative estimate of drug-likeness (QED) is 0.798. The molecule has 1 aromatic carbocycles. The van der Waals surface area contributed by atoms with Crippen LogP contribution in [-0.4, -0.2) is 30.8 Å². The molecule has 0 heterocycles. The van der Waals surface area contributed by atoms with Crippen molar-refractivity contribution in [3.05, 3.63) is 33.8 Å². The minimum atomic E-state index is 0.615. The molecule has 0 radical (unpaired) electrons. The Morgan fingerprint density at radius 2 is 1.93 bits per heavy atom. The molecule has 84 valence electrons. The highest BCUT2D eigenvalue weighted by atomic mass is 35.5. The zero-order valence-electron chi connectivity index (χ0n) is 8.71. The van der Waals surface area contributed by atoms with Crippen molar-refractivity contribution in [1.29, 1.82) is 0 Å². The van der Waals surface area contributed by atoms with E-state index < -0.39 is 0 Å². The van der Waals surface area contributed by atoms with Crippen LogP contribution in [0.5, 0.6) is 0 Å². The fraction of sp³-hybridized carbons (Fsp3) is 0.455. The first-order valence-corrected chi connectivity index (χ1v) is 6.25. The number of halogens is 2. The zero-order chi connectivity index (χ0) is 11.3. The van der Waals surface area contributed by atoms with Gasteiger partial charge in [0.1, 0.15) is 0 Å². The summed E-state index contributed by atoms with van der Waals surface area (Å²) in [5.41, 5.74) is 1.22. The van der Waals surface area contributed by atoms with Crippen LogP contribution in [0.4, 0.5) is 0 Å². The Hall–Kier alpha value is 0.110. The first-order chi connectivity index (χ1) is 7.13. The van der Waals surface area contributed by atoms with Gasteiger partial charge in [-0.1, -0.05) is 29.3 Å². The summed E-state index contributed by atoms with van der Waals surface area (Å²) in [7, 11) is 2.09. The van der Waals surface area contributed by atoms with Gasteiger partial charge in [-0.05, 0) is 31.2 Å². The molecule has 15 heavy (non-hydrogen) atoms. The molecular formula is C11H15Cl2NS. The van der Waals surface area contributed by atoms with Crippen LogP contribution in [0.1, 0.15) is 5.56 Å². The van der Waals surface area contributed by atoms with Gasteiger partial charge in [0.05, 0.1) is 10.0 Å². The normalized spacial score (nSPS) is 11.0. The summed E-state index contributed by atoms with van der Waals surface area (Å²) in [5, 5.41) is 1.25. The second-order valence-electron chi connectivity index (χ2n) is 3.53. The van der Waals surface area contributed by atoms with Gasteiger partial charge in [-0.3, -0.25) is 0 Å². The van der Waals surface area contributed by atoms with Gasteiger partial charge in [-0.15, -0.1) is 0 Å². The van der Waals surface area contributed by atoms with E-state index >= 15 is 0 Å². The standard InChI is InChI=1S/C11H15Cl2NS/c1-14(6-7-15)5-4-9-2-3-10(12)11(13)8-9/h2-3,8,15H,4-7H2,1H3. The lowest BCUT2D eigenvalue weighted by atomic mass is 10.1. The number of hydrogen-bond acceptors (Lipinski definition) is 2. The van der Waals surface area contributed by atoms with Gasteiger partial charge >= 0.3 is 0 Å². The van der Waals surface area contributed by atoms with Crippen LogP contribution in [0, 0.1) is 0 Å². The summed E-state index contributed by atoms with van der Waals surface area (Å²) < 4.78 is 0. The van der Waals surface area contributed by atoms with Crippen molar-refractivity contribution in [3.63, 3.8) is 0 Å². The summed E-state index contributed by atoms with van der Waals surface area (Å²) in [6.07, 6.45) is 0.987. The van der Waals surface area contributed by atoms with E-state index in [-0.39, 0.29) is 0 Å². The molecule has 0 aliphatic carbocycles. The second kappa shape index (κ2) is 6.64. The van der Waals surface area contributed by atoms with Crippen molar-refractivity contribution in [1.82, 2.24) is 4.90 Å². The Labute approximate surface area is 107 Å². The van der Waals surface area contributed by atoms with Crippen LogP contribution in [0.2, 0.25) is 10.0 Å². The van der Waals surface area contributed by atoms with Crippen molar-refractivity contribution >= 4 is 35.8 Å². The highest BCUT2D eigenvalue weighted by Crippen LogP contribution is 2.22. The minimum Gasteiger partial charge on any atom is -0.305 e. The molecule has 1 rings (SSSR count). The lowest BCUT2D eigenvalue weighted by Gasteiger charge is -2.14. The van der Waals surface area contributed by atoms with Crippen LogP contribution in [0.25, 0.3) is 0 Å². The molecule has 0 aliphatic heterocycles. The Morgan fingerprint density at radius 1 is 1.20 bits per heavy atom. The van der Waals surface area contributed by atoms with Gasteiger partial charge in [0.2, 0.25) is 0 Å². The molecule has 0 saturated carbocycles. The SMILES string of the molecule is CN(CCS)CCc1ccc(Cl)c(Cl)c1. The molecule has 0 bridgehead atoms. The van der Waals surface area contributed by atoms with Crippen LogP contribution in [0.15, 0.2) is 18.2 Å². The van der Waals surface area contributed by atoms with Crippen LogP contribution in [0.3, 0.4) is 0 Å². The van der Waals surface area contributed by atoms with Crippen LogP contribution in [-0.2, 0) is 6.42 Å². The van der Waals surface area contributed by atoms with Crippen molar-refractivity contribution in [2.75, 3.05) is 25.9 Å². The molecule has 0 unspecified atom stereocenters. The number of thiol groups is 1. The van der Waals surface area contributed by atoms with E-state index in [9.17, 15) is 0 Å². The molecule has 0 spiro atoms. The van der Waals surface area contributed by atoms with E-state index in [0.717, 1.165) is 25.3 Å². The van der Waals surface area contributed by atoms with E-state index in [2.05, 4.69) is 24.6 Å². The topological polar surface area (TPSA) is 3.24 Å². The third-order valence-electron chi connectivity index (χ3n) is 2.25. The van der Waals surface area contributed by atoms with Gasteiger partial charge < -0.3 is 4.90 Å².